The number of hydrogen-bond acceptors (Lipinski definition) is 6. The van der Waals surface area contributed by atoms with Gasteiger partial charge < -0.3 is 20.1 Å². The highest BCUT2D eigenvalue weighted by Gasteiger charge is 2.42. The van der Waals surface area contributed by atoms with Crippen molar-refractivity contribution in [1.29, 1.82) is 0 Å². The first-order valence-corrected chi connectivity index (χ1v) is 11.1. The molecule has 2 amide bonds. The lowest BCUT2D eigenvalue weighted by Gasteiger charge is -2.26. The zero-order chi connectivity index (χ0) is 28.4. The monoisotopic (exact) mass is 562 g/mol. The number of amides is 2. The molecule has 15 heteroatoms. The molecule has 0 bridgehead atoms. The molecule has 1 aromatic carbocycles. The van der Waals surface area contributed by atoms with Gasteiger partial charge in [-0.15, -0.1) is 0 Å². The summed E-state index contributed by atoms with van der Waals surface area (Å²) in [6.07, 6.45) is -5.65. The van der Waals surface area contributed by atoms with Crippen molar-refractivity contribution in [3.8, 4) is 5.75 Å². The number of fused-ring (bicyclic) bond motifs is 1. The summed E-state index contributed by atoms with van der Waals surface area (Å²) in [6.45, 7) is 3.48. The van der Waals surface area contributed by atoms with Gasteiger partial charge in [0.05, 0.1) is 21.8 Å². The number of imidazole rings is 1. The first kappa shape index (κ1) is 28.6. The quantitative estimate of drug-likeness (QED) is 0.250. The molecule has 3 rings (SSSR count). The molecular formula is C23H20ClF5N4O5. The number of rotatable bonds is 7. The lowest BCUT2D eigenvalue weighted by atomic mass is 10.1. The van der Waals surface area contributed by atoms with Crippen molar-refractivity contribution in [3.63, 3.8) is 0 Å². The number of nitrogens with zero attached hydrogens (tertiary/aromatic N) is 2. The number of benzene rings is 1. The third kappa shape index (κ3) is 6.68. The highest BCUT2D eigenvalue weighted by Crippen LogP contribution is 2.28. The summed E-state index contributed by atoms with van der Waals surface area (Å²) >= 11 is 6.17. The standard InChI is InChI=1S/C23H20ClF5N4O5/c1-11-17(19(34)32-22(2,3)10-30-21(36)38-20(35)23(27,28)29)33-8-12(24)7-16(18(33)31-11)37-9-13-14(25)5-4-6-15(13)26/h4-8H,9-10H2,1-3H3,(H,30,36)(H,32,34). The maximum absolute atomic E-state index is 14.0. The number of alkyl halides is 3. The van der Waals surface area contributed by atoms with E-state index in [0.29, 0.717) is 0 Å². The van der Waals surface area contributed by atoms with E-state index in [1.807, 2.05) is 5.32 Å². The number of hydrogen-bond donors (Lipinski definition) is 2. The topological polar surface area (TPSA) is 111 Å². The van der Waals surface area contributed by atoms with Crippen LogP contribution in [0.5, 0.6) is 5.75 Å². The molecule has 204 valence electrons. The fourth-order valence-corrected chi connectivity index (χ4v) is 3.47. The van der Waals surface area contributed by atoms with Crippen LogP contribution >= 0.6 is 11.6 Å². The van der Waals surface area contributed by atoms with Gasteiger partial charge in [0, 0.05) is 18.8 Å². The van der Waals surface area contributed by atoms with Crippen LogP contribution in [0, 0.1) is 18.6 Å². The summed E-state index contributed by atoms with van der Waals surface area (Å²) < 4.78 is 75.2. The molecule has 0 saturated heterocycles. The summed E-state index contributed by atoms with van der Waals surface area (Å²) in [5.41, 5.74) is -1.25. The molecule has 0 radical (unpaired) electrons. The van der Waals surface area contributed by atoms with E-state index in [-0.39, 0.29) is 33.4 Å². The first-order chi connectivity index (χ1) is 17.6. The smallest absolute Gasteiger partial charge is 0.485 e. The average molecular weight is 563 g/mol. The summed E-state index contributed by atoms with van der Waals surface area (Å²) in [7, 11) is 0. The molecular weight excluding hydrogens is 543 g/mol. The van der Waals surface area contributed by atoms with E-state index in [9.17, 15) is 36.3 Å². The third-order valence-electron chi connectivity index (χ3n) is 5.02. The van der Waals surface area contributed by atoms with Crippen LogP contribution in [0.4, 0.5) is 26.7 Å². The molecule has 2 aromatic heterocycles. The molecule has 38 heavy (non-hydrogen) atoms. The Morgan fingerprint density at radius 3 is 2.37 bits per heavy atom. The third-order valence-corrected chi connectivity index (χ3v) is 5.23. The minimum Gasteiger partial charge on any atom is -0.485 e. The Bertz CT molecular complexity index is 1390. The van der Waals surface area contributed by atoms with E-state index in [1.54, 1.807) is 0 Å². The number of pyridine rings is 1. The number of carbonyl (C=O) groups excluding carboxylic acids is 3. The number of esters is 1. The van der Waals surface area contributed by atoms with Crippen LogP contribution in [0.3, 0.4) is 0 Å². The largest absolute Gasteiger partial charge is 0.491 e. The molecule has 0 unspecified atom stereocenters. The second kappa shape index (κ2) is 10.8. The van der Waals surface area contributed by atoms with Crippen LogP contribution < -0.4 is 15.4 Å². The molecule has 0 fully saturated rings. The second-order valence-electron chi connectivity index (χ2n) is 8.62. The van der Waals surface area contributed by atoms with Crippen molar-refractivity contribution in [3.05, 3.63) is 64.1 Å². The van der Waals surface area contributed by atoms with E-state index in [0.717, 1.165) is 12.1 Å². The van der Waals surface area contributed by atoms with Gasteiger partial charge in [0.2, 0.25) is 0 Å². The van der Waals surface area contributed by atoms with Crippen molar-refractivity contribution in [2.24, 2.45) is 0 Å². The Labute approximate surface area is 216 Å². The molecule has 2 heterocycles. The van der Waals surface area contributed by atoms with Gasteiger partial charge in [0.15, 0.2) is 11.4 Å². The second-order valence-corrected chi connectivity index (χ2v) is 9.05. The highest BCUT2D eigenvalue weighted by molar-refractivity contribution is 6.30. The van der Waals surface area contributed by atoms with Gasteiger partial charge >= 0.3 is 18.2 Å². The molecule has 2 N–H and O–H groups in total. The predicted molar refractivity (Wildman–Crippen MR) is 123 cm³/mol. The molecule has 9 nitrogen and oxygen atoms in total. The van der Waals surface area contributed by atoms with Crippen molar-refractivity contribution < 1.29 is 45.8 Å². The van der Waals surface area contributed by atoms with Crippen LogP contribution in [-0.2, 0) is 16.1 Å². The molecule has 0 aliphatic rings. The van der Waals surface area contributed by atoms with Gasteiger partial charge in [-0.05, 0) is 32.9 Å². The van der Waals surface area contributed by atoms with Crippen LogP contribution in [-0.4, -0.2) is 45.6 Å². The Balaban J connectivity index is 1.78. The highest BCUT2D eigenvalue weighted by atomic mass is 35.5. The number of aryl methyl sites for hydroxylation is 1. The summed E-state index contributed by atoms with van der Waals surface area (Å²) in [5, 5.41) is 4.65. The van der Waals surface area contributed by atoms with Gasteiger partial charge in [-0.2, -0.15) is 13.2 Å². The molecule has 0 aliphatic heterocycles. The minimum atomic E-state index is -5.35. The Hall–Kier alpha value is -3.94. The molecule has 3 aromatic rings. The van der Waals surface area contributed by atoms with Gasteiger partial charge in [0.1, 0.15) is 23.9 Å². The molecule has 0 aliphatic carbocycles. The summed E-state index contributed by atoms with van der Waals surface area (Å²) in [6, 6.07) is 4.70. The van der Waals surface area contributed by atoms with Crippen LogP contribution in [0.1, 0.15) is 35.6 Å². The molecule has 0 atom stereocenters. The maximum atomic E-state index is 14.0. The van der Waals surface area contributed by atoms with Crippen molar-refractivity contribution in [1.82, 2.24) is 20.0 Å². The van der Waals surface area contributed by atoms with Crippen LogP contribution in [0.2, 0.25) is 5.02 Å². The number of alkyl carbamates (subject to hydrolysis) is 1. The lowest BCUT2D eigenvalue weighted by molar-refractivity contribution is -0.192. The fraction of sp³-hybridized carbons (Fsp3) is 0.304. The zero-order valence-electron chi connectivity index (χ0n) is 20.0. The van der Waals surface area contributed by atoms with E-state index >= 15 is 0 Å². The Morgan fingerprint density at radius 1 is 1.13 bits per heavy atom. The molecule has 0 saturated carbocycles. The zero-order valence-corrected chi connectivity index (χ0v) is 20.8. The van der Waals surface area contributed by atoms with Gasteiger partial charge in [-0.3, -0.25) is 9.20 Å². The van der Waals surface area contributed by atoms with Gasteiger partial charge in [-0.25, -0.2) is 23.4 Å². The number of nitrogens with one attached hydrogen (secondary N) is 2. The minimum absolute atomic E-state index is 0.00711. The van der Waals surface area contributed by atoms with Gasteiger partial charge in [0.25, 0.3) is 5.91 Å². The van der Waals surface area contributed by atoms with E-state index in [1.165, 1.54) is 43.5 Å². The lowest BCUT2D eigenvalue weighted by Crippen LogP contribution is -2.52. The summed E-state index contributed by atoms with van der Waals surface area (Å²) in [4.78, 5) is 39.7. The predicted octanol–water partition coefficient (Wildman–Crippen LogP) is 4.48. The SMILES string of the molecule is Cc1nc2c(OCc3c(F)cccc3F)cc(Cl)cn2c1C(=O)NC(C)(C)CNC(=O)OC(=O)C(F)(F)F. The Morgan fingerprint density at radius 2 is 1.76 bits per heavy atom. The van der Waals surface area contributed by atoms with Crippen molar-refractivity contribution >= 4 is 35.2 Å². The van der Waals surface area contributed by atoms with Crippen molar-refractivity contribution in [2.45, 2.75) is 39.1 Å². The van der Waals surface area contributed by atoms with E-state index in [2.05, 4.69) is 15.0 Å². The van der Waals surface area contributed by atoms with Crippen molar-refractivity contribution in [2.75, 3.05) is 6.54 Å². The van der Waals surface area contributed by atoms with Gasteiger partial charge in [-0.1, -0.05) is 17.7 Å². The summed E-state index contributed by atoms with van der Waals surface area (Å²) in [5.74, 6) is -5.00. The fourth-order valence-electron chi connectivity index (χ4n) is 3.28. The Kier molecular flexibility index (Phi) is 8.15. The maximum Gasteiger partial charge on any atom is 0.491 e. The van der Waals surface area contributed by atoms with Crippen LogP contribution in [0.25, 0.3) is 5.65 Å². The number of halogens is 6. The normalized spacial score (nSPS) is 11.8. The molecule has 0 spiro atoms. The average Bonchev–Trinajstić information content (AvgIpc) is 3.12. The number of aromatic nitrogens is 2. The van der Waals surface area contributed by atoms with E-state index in [4.69, 9.17) is 16.3 Å². The number of carbonyl (C=O) groups is 3. The first-order valence-electron chi connectivity index (χ1n) is 10.7. The number of ether oxygens (including phenoxy) is 2. The van der Waals surface area contributed by atoms with Crippen LogP contribution in [0.15, 0.2) is 30.5 Å². The van der Waals surface area contributed by atoms with E-state index < -0.39 is 54.5 Å².